The van der Waals surface area contributed by atoms with Gasteiger partial charge in [0, 0.05) is 23.4 Å². The van der Waals surface area contributed by atoms with Gasteiger partial charge in [-0.25, -0.2) is 0 Å². The fourth-order valence-corrected chi connectivity index (χ4v) is 3.79. The third-order valence-corrected chi connectivity index (χ3v) is 5.23. The summed E-state index contributed by atoms with van der Waals surface area (Å²) >= 11 is 6.16. The molecular formula is C23H19ClN2O3. The van der Waals surface area contributed by atoms with Gasteiger partial charge in [-0.1, -0.05) is 48.0 Å². The Balaban J connectivity index is 1.64. The van der Waals surface area contributed by atoms with Gasteiger partial charge in [0.25, 0.3) is 5.91 Å². The van der Waals surface area contributed by atoms with Gasteiger partial charge in [0.15, 0.2) is 0 Å². The summed E-state index contributed by atoms with van der Waals surface area (Å²) in [6, 6.07) is 20.9. The lowest BCUT2D eigenvalue weighted by Gasteiger charge is -2.25. The summed E-state index contributed by atoms with van der Waals surface area (Å²) in [5, 5.41) is 3.27. The van der Waals surface area contributed by atoms with Crippen LogP contribution in [0.3, 0.4) is 0 Å². The van der Waals surface area contributed by atoms with Gasteiger partial charge in [-0.05, 0) is 42.0 Å². The van der Waals surface area contributed by atoms with E-state index in [1.54, 1.807) is 35.2 Å². The van der Waals surface area contributed by atoms with Crippen molar-refractivity contribution in [3.8, 4) is 5.75 Å². The number of benzene rings is 3. The van der Waals surface area contributed by atoms with Crippen molar-refractivity contribution in [3.05, 3.63) is 88.9 Å². The van der Waals surface area contributed by atoms with Gasteiger partial charge in [0.1, 0.15) is 11.8 Å². The molecule has 0 unspecified atom stereocenters. The number of nitrogens with one attached hydrogen (secondary N) is 1. The van der Waals surface area contributed by atoms with Crippen LogP contribution in [0.1, 0.15) is 15.9 Å². The molecule has 1 aliphatic heterocycles. The molecule has 3 aromatic rings. The number of rotatable bonds is 4. The second-order valence-electron chi connectivity index (χ2n) is 6.73. The largest absolute Gasteiger partial charge is 0.495 e. The molecular weight excluding hydrogens is 388 g/mol. The Labute approximate surface area is 173 Å². The first-order valence-corrected chi connectivity index (χ1v) is 9.57. The quantitative estimate of drug-likeness (QED) is 0.691. The maximum Gasteiger partial charge on any atom is 0.259 e. The normalized spacial score (nSPS) is 15.0. The number of nitrogens with zero attached hydrogens (tertiary/aromatic N) is 1. The van der Waals surface area contributed by atoms with E-state index in [1.807, 2.05) is 42.5 Å². The van der Waals surface area contributed by atoms with E-state index in [1.165, 1.54) is 7.11 Å². The first kappa shape index (κ1) is 19.0. The molecule has 0 saturated heterocycles. The Hall–Kier alpha value is -3.31. The van der Waals surface area contributed by atoms with Crippen molar-refractivity contribution in [1.29, 1.82) is 0 Å². The van der Waals surface area contributed by atoms with Crippen LogP contribution < -0.4 is 15.0 Å². The highest BCUT2D eigenvalue weighted by Gasteiger charge is 2.38. The SMILES string of the molecule is COc1ccc(NC(=O)[C@@H]2Cc3ccccc3N2C(=O)c2ccccc2)cc1Cl. The van der Waals surface area contributed by atoms with Crippen LogP contribution in [0.15, 0.2) is 72.8 Å². The minimum Gasteiger partial charge on any atom is -0.495 e. The van der Waals surface area contributed by atoms with Crippen molar-refractivity contribution >= 4 is 34.8 Å². The van der Waals surface area contributed by atoms with Crippen LogP contribution in [0.25, 0.3) is 0 Å². The molecule has 5 nitrogen and oxygen atoms in total. The molecule has 29 heavy (non-hydrogen) atoms. The zero-order valence-electron chi connectivity index (χ0n) is 15.8. The number of fused-ring (bicyclic) bond motifs is 1. The molecule has 3 aromatic carbocycles. The number of amides is 2. The van der Waals surface area contributed by atoms with Crippen molar-refractivity contribution in [2.24, 2.45) is 0 Å². The van der Waals surface area contributed by atoms with Crippen LogP contribution in [-0.2, 0) is 11.2 Å². The second kappa shape index (κ2) is 7.97. The van der Waals surface area contributed by atoms with Gasteiger partial charge < -0.3 is 10.1 Å². The van der Waals surface area contributed by atoms with E-state index in [4.69, 9.17) is 16.3 Å². The van der Waals surface area contributed by atoms with Crippen molar-refractivity contribution in [1.82, 2.24) is 0 Å². The number of anilines is 2. The van der Waals surface area contributed by atoms with E-state index >= 15 is 0 Å². The predicted molar refractivity (Wildman–Crippen MR) is 114 cm³/mol. The fourth-order valence-electron chi connectivity index (χ4n) is 3.54. The van der Waals surface area contributed by atoms with E-state index in [-0.39, 0.29) is 11.8 Å². The monoisotopic (exact) mass is 406 g/mol. The molecule has 1 N–H and O–H groups in total. The van der Waals surface area contributed by atoms with Crippen LogP contribution in [0.2, 0.25) is 5.02 Å². The lowest BCUT2D eigenvalue weighted by atomic mass is 10.1. The van der Waals surface area contributed by atoms with Crippen LogP contribution in [0.5, 0.6) is 5.75 Å². The standard InChI is InChI=1S/C23H19ClN2O3/c1-29-21-12-11-17(14-18(21)24)25-22(27)20-13-16-9-5-6-10-19(16)26(20)23(28)15-7-3-2-4-8-15/h2-12,14,20H,13H2,1H3,(H,25,27)/t20-/m0/s1. The minimum atomic E-state index is -0.652. The molecule has 0 spiro atoms. The number of hydrogen-bond acceptors (Lipinski definition) is 3. The number of hydrogen-bond donors (Lipinski definition) is 1. The lowest BCUT2D eigenvalue weighted by molar-refractivity contribution is -0.117. The minimum absolute atomic E-state index is 0.205. The molecule has 1 heterocycles. The predicted octanol–water partition coefficient (Wildman–Crippen LogP) is 4.56. The molecule has 0 aliphatic carbocycles. The van der Waals surface area contributed by atoms with Gasteiger partial charge in [0.05, 0.1) is 12.1 Å². The molecule has 146 valence electrons. The first-order chi connectivity index (χ1) is 14.1. The zero-order chi connectivity index (χ0) is 20.4. The molecule has 1 aliphatic rings. The number of ether oxygens (including phenoxy) is 1. The summed E-state index contributed by atoms with van der Waals surface area (Å²) in [5.41, 5.74) is 2.80. The maximum atomic E-state index is 13.2. The van der Waals surface area contributed by atoms with Gasteiger partial charge in [-0.15, -0.1) is 0 Å². The Morgan fingerprint density at radius 2 is 1.76 bits per heavy atom. The van der Waals surface area contributed by atoms with Gasteiger partial charge in [0.2, 0.25) is 5.91 Å². The van der Waals surface area contributed by atoms with Crippen LogP contribution in [-0.4, -0.2) is 25.0 Å². The summed E-state index contributed by atoms with van der Waals surface area (Å²) in [5.74, 6) is 0.0500. The summed E-state index contributed by atoms with van der Waals surface area (Å²) in [4.78, 5) is 27.9. The summed E-state index contributed by atoms with van der Waals surface area (Å²) in [6.07, 6.45) is 0.449. The lowest BCUT2D eigenvalue weighted by Crippen LogP contribution is -2.45. The van der Waals surface area contributed by atoms with Crippen LogP contribution >= 0.6 is 11.6 Å². The second-order valence-corrected chi connectivity index (χ2v) is 7.14. The topological polar surface area (TPSA) is 58.6 Å². The average Bonchev–Trinajstić information content (AvgIpc) is 3.14. The fraction of sp³-hybridized carbons (Fsp3) is 0.130. The summed E-state index contributed by atoms with van der Waals surface area (Å²) in [7, 11) is 1.53. The van der Waals surface area contributed by atoms with Crippen LogP contribution in [0.4, 0.5) is 11.4 Å². The highest BCUT2D eigenvalue weighted by molar-refractivity contribution is 6.32. The number of carbonyl (C=O) groups is 2. The zero-order valence-corrected chi connectivity index (χ0v) is 16.5. The molecule has 1 atom stereocenters. The molecule has 0 radical (unpaired) electrons. The number of carbonyl (C=O) groups excluding carboxylic acids is 2. The molecule has 0 bridgehead atoms. The van der Waals surface area contributed by atoms with Gasteiger partial charge in [-0.3, -0.25) is 14.5 Å². The van der Waals surface area contributed by atoms with Crippen LogP contribution in [0, 0.1) is 0 Å². The molecule has 6 heteroatoms. The molecule has 0 fully saturated rings. The highest BCUT2D eigenvalue weighted by Crippen LogP contribution is 2.34. The Morgan fingerprint density at radius 3 is 2.48 bits per heavy atom. The number of halogens is 1. The molecule has 0 aromatic heterocycles. The van der Waals surface area contributed by atoms with E-state index < -0.39 is 6.04 Å². The molecule has 4 rings (SSSR count). The number of para-hydroxylation sites is 1. The summed E-state index contributed by atoms with van der Waals surface area (Å²) in [6.45, 7) is 0. The van der Waals surface area contributed by atoms with Crippen molar-refractivity contribution < 1.29 is 14.3 Å². The van der Waals surface area contributed by atoms with Crippen molar-refractivity contribution in [3.63, 3.8) is 0 Å². The van der Waals surface area contributed by atoms with E-state index in [2.05, 4.69) is 5.32 Å². The Morgan fingerprint density at radius 1 is 1.03 bits per heavy atom. The first-order valence-electron chi connectivity index (χ1n) is 9.19. The highest BCUT2D eigenvalue weighted by atomic mass is 35.5. The van der Waals surface area contributed by atoms with E-state index in [0.29, 0.717) is 28.4 Å². The maximum absolute atomic E-state index is 13.2. The van der Waals surface area contributed by atoms with E-state index in [9.17, 15) is 9.59 Å². The van der Waals surface area contributed by atoms with E-state index in [0.717, 1.165) is 11.3 Å². The molecule has 0 saturated carbocycles. The summed E-state index contributed by atoms with van der Waals surface area (Å²) < 4.78 is 5.15. The van der Waals surface area contributed by atoms with Gasteiger partial charge >= 0.3 is 0 Å². The molecule has 2 amide bonds. The van der Waals surface area contributed by atoms with Crippen molar-refractivity contribution in [2.45, 2.75) is 12.5 Å². The van der Waals surface area contributed by atoms with Crippen molar-refractivity contribution in [2.75, 3.05) is 17.3 Å². The Bertz CT molecular complexity index is 1070. The third-order valence-electron chi connectivity index (χ3n) is 4.94. The average molecular weight is 407 g/mol. The smallest absolute Gasteiger partial charge is 0.259 e. The Kier molecular flexibility index (Phi) is 5.23. The van der Waals surface area contributed by atoms with Gasteiger partial charge in [-0.2, -0.15) is 0 Å². The third kappa shape index (κ3) is 3.69. The number of methoxy groups -OCH3 is 1.